The number of aliphatic hydroxyl groups is 1. The van der Waals surface area contributed by atoms with Crippen molar-refractivity contribution in [2.24, 2.45) is 5.92 Å². The van der Waals surface area contributed by atoms with Gasteiger partial charge in [0.2, 0.25) is 5.91 Å². The van der Waals surface area contributed by atoms with Gasteiger partial charge in [-0.25, -0.2) is 9.37 Å². The summed E-state index contributed by atoms with van der Waals surface area (Å²) in [5.74, 6) is -1.95. The fraction of sp³-hybridized carbons (Fsp3) is 0.400. The average molecular weight is 452 g/mol. The second-order valence-corrected chi connectivity index (χ2v) is 7.65. The third kappa shape index (κ3) is 5.80. The maximum atomic E-state index is 13.1. The first-order valence-corrected chi connectivity index (χ1v) is 10.3. The molecule has 2 aromatic rings. The molecule has 1 aromatic heterocycles. The van der Waals surface area contributed by atoms with Crippen LogP contribution in [0.25, 0.3) is 0 Å². The van der Waals surface area contributed by atoms with Gasteiger partial charge < -0.3 is 26.0 Å². The molecule has 11 heteroatoms. The number of H-pyrrole nitrogens is 1. The SMILES string of the molecule is O=C(NC1CCC(C(=O)Nc2ccc(F)cc2Cl)CC1)c1nc[nH]c1C(=O)NCCO. The van der Waals surface area contributed by atoms with Crippen LogP contribution >= 0.6 is 11.6 Å². The molecule has 1 fully saturated rings. The number of carbonyl (C=O) groups is 3. The summed E-state index contributed by atoms with van der Waals surface area (Å²) in [7, 11) is 0. The van der Waals surface area contributed by atoms with Crippen molar-refractivity contribution in [1.29, 1.82) is 0 Å². The average Bonchev–Trinajstić information content (AvgIpc) is 3.24. The van der Waals surface area contributed by atoms with Gasteiger partial charge in [0.05, 0.1) is 23.6 Å². The van der Waals surface area contributed by atoms with Crippen LogP contribution in [-0.2, 0) is 4.79 Å². The Bertz CT molecular complexity index is 959. The minimum atomic E-state index is -0.531. The lowest BCUT2D eigenvalue weighted by molar-refractivity contribution is -0.120. The summed E-state index contributed by atoms with van der Waals surface area (Å²) >= 11 is 5.95. The number of hydrogen-bond donors (Lipinski definition) is 5. The van der Waals surface area contributed by atoms with Gasteiger partial charge in [-0.05, 0) is 43.9 Å². The molecule has 0 spiro atoms. The molecule has 1 aliphatic carbocycles. The quantitative estimate of drug-likeness (QED) is 0.437. The number of halogens is 2. The van der Waals surface area contributed by atoms with E-state index in [1.807, 2.05) is 0 Å². The Hall–Kier alpha value is -2.98. The number of nitrogens with one attached hydrogen (secondary N) is 4. The minimum absolute atomic E-state index is 0.0233. The predicted molar refractivity (Wildman–Crippen MR) is 111 cm³/mol. The van der Waals surface area contributed by atoms with Crippen LogP contribution in [0.3, 0.4) is 0 Å². The lowest BCUT2D eigenvalue weighted by Crippen LogP contribution is -2.40. The van der Waals surface area contributed by atoms with E-state index in [0.717, 1.165) is 6.07 Å². The van der Waals surface area contributed by atoms with Crippen molar-refractivity contribution < 1.29 is 23.9 Å². The molecule has 0 bridgehead atoms. The third-order valence-corrected chi connectivity index (χ3v) is 5.41. The number of hydrogen-bond acceptors (Lipinski definition) is 5. The Morgan fingerprint density at radius 3 is 2.61 bits per heavy atom. The van der Waals surface area contributed by atoms with Gasteiger partial charge in [0.1, 0.15) is 11.5 Å². The van der Waals surface area contributed by atoms with Crippen molar-refractivity contribution in [2.45, 2.75) is 31.7 Å². The highest BCUT2D eigenvalue weighted by Crippen LogP contribution is 2.28. The molecule has 0 radical (unpaired) electrons. The van der Waals surface area contributed by atoms with Gasteiger partial charge in [-0.2, -0.15) is 0 Å². The van der Waals surface area contributed by atoms with E-state index in [0.29, 0.717) is 31.4 Å². The van der Waals surface area contributed by atoms with Gasteiger partial charge in [0.25, 0.3) is 11.8 Å². The molecule has 0 saturated heterocycles. The number of imidazole rings is 1. The second kappa shape index (κ2) is 10.4. The fourth-order valence-electron chi connectivity index (χ4n) is 3.48. The summed E-state index contributed by atoms with van der Waals surface area (Å²) in [6, 6.07) is 3.62. The molecule has 5 N–H and O–H groups in total. The first-order valence-electron chi connectivity index (χ1n) is 9.88. The molecule has 1 aromatic carbocycles. The standard InChI is InChI=1S/C20H23ClFN5O4/c21-14-9-12(22)3-6-15(14)27-18(29)11-1-4-13(5-2-11)26-20(31)17-16(24-10-25-17)19(30)23-7-8-28/h3,6,9-11,13,28H,1-2,4-5,7-8H2,(H,23,30)(H,24,25)(H,26,31)(H,27,29). The molecule has 166 valence electrons. The van der Waals surface area contributed by atoms with Gasteiger partial charge in [-0.3, -0.25) is 14.4 Å². The van der Waals surface area contributed by atoms with Crippen molar-refractivity contribution in [3.8, 4) is 0 Å². The lowest BCUT2D eigenvalue weighted by Gasteiger charge is -2.28. The highest BCUT2D eigenvalue weighted by molar-refractivity contribution is 6.33. The van der Waals surface area contributed by atoms with E-state index >= 15 is 0 Å². The highest BCUT2D eigenvalue weighted by Gasteiger charge is 2.29. The summed E-state index contributed by atoms with van der Waals surface area (Å²) in [6.45, 7) is -0.153. The van der Waals surface area contributed by atoms with E-state index in [2.05, 4.69) is 25.9 Å². The van der Waals surface area contributed by atoms with Crippen molar-refractivity contribution in [2.75, 3.05) is 18.5 Å². The zero-order valence-electron chi connectivity index (χ0n) is 16.6. The van der Waals surface area contributed by atoms with Crippen molar-refractivity contribution in [1.82, 2.24) is 20.6 Å². The molecule has 31 heavy (non-hydrogen) atoms. The normalized spacial score (nSPS) is 18.3. The van der Waals surface area contributed by atoms with Crippen LogP contribution in [0.5, 0.6) is 0 Å². The largest absolute Gasteiger partial charge is 0.395 e. The number of carbonyl (C=O) groups excluding carboxylic acids is 3. The monoisotopic (exact) mass is 451 g/mol. The third-order valence-electron chi connectivity index (χ3n) is 5.10. The predicted octanol–water partition coefficient (Wildman–Crippen LogP) is 1.85. The minimum Gasteiger partial charge on any atom is -0.395 e. The number of aliphatic hydroxyl groups excluding tert-OH is 1. The number of rotatable bonds is 7. The summed E-state index contributed by atoms with van der Waals surface area (Å²) in [5, 5.41) is 17.0. The smallest absolute Gasteiger partial charge is 0.272 e. The first kappa shape index (κ1) is 22.7. The van der Waals surface area contributed by atoms with E-state index in [1.54, 1.807) is 0 Å². The summed E-state index contributed by atoms with van der Waals surface area (Å²) in [6.07, 6.45) is 3.53. The van der Waals surface area contributed by atoms with Crippen LogP contribution in [0, 0.1) is 11.7 Å². The van der Waals surface area contributed by atoms with Crippen LogP contribution in [0.2, 0.25) is 5.02 Å². The highest BCUT2D eigenvalue weighted by atomic mass is 35.5. The molecule has 0 aliphatic heterocycles. The molecule has 1 saturated carbocycles. The molecule has 9 nitrogen and oxygen atoms in total. The number of anilines is 1. The van der Waals surface area contributed by atoms with E-state index in [-0.39, 0.29) is 47.4 Å². The zero-order chi connectivity index (χ0) is 22.4. The van der Waals surface area contributed by atoms with E-state index in [1.165, 1.54) is 18.5 Å². The Morgan fingerprint density at radius 1 is 1.19 bits per heavy atom. The van der Waals surface area contributed by atoms with Crippen molar-refractivity contribution >= 4 is 35.0 Å². The number of amides is 3. The van der Waals surface area contributed by atoms with Gasteiger partial charge >= 0.3 is 0 Å². The number of nitrogens with zero attached hydrogens (tertiary/aromatic N) is 1. The topological polar surface area (TPSA) is 136 Å². The molecule has 3 rings (SSSR count). The van der Waals surface area contributed by atoms with Gasteiger partial charge in [0.15, 0.2) is 5.69 Å². The van der Waals surface area contributed by atoms with E-state index in [4.69, 9.17) is 16.7 Å². The van der Waals surface area contributed by atoms with Gasteiger partial charge in [-0.15, -0.1) is 0 Å². The second-order valence-electron chi connectivity index (χ2n) is 7.24. The van der Waals surface area contributed by atoms with Crippen molar-refractivity contribution in [3.63, 3.8) is 0 Å². The van der Waals surface area contributed by atoms with E-state index < -0.39 is 17.6 Å². The van der Waals surface area contributed by atoms with Crippen LogP contribution in [0.15, 0.2) is 24.5 Å². The summed E-state index contributed by atoms with van der Waals surface area (Å²) < 4.78 is 13.1. The number of aromatic amines is 1. The van der Waals surface area contributed by atoms with Crippen LogP contribution in [-0.4, -0.2) is 52.0 Å². The molecule has 3 amide bonds. The fourth-order valence-corrected chi connectivity index (χ4v) is 3.69. The van der Waals surface area contributed by atoms with E-state index in [9.17, 15) is 18.8 Å². The molecule has 0 atom stereocenters. The molecular formula is C20H23ClFN5O4. The zero-order valence-corrected chi connectivity index (χ0v) is 17.3. The molecular weight excluding hydrogens is 429 g/mol. The lowest BCUT2D eigenvalue weighted by atomic mass is 9.85. The molecule has 0 unspecified atom stereocenters. The maximum Gasteiger partial charge on any atom is 0.272 e. The van der Waals surface area contributed by atoms with Crippen LogP contribution in [0.1, 0.15) is 46.7 Å². The number of aromatic nitrogens is 2. The maximum absolute atomic E-state index is 13.1. The molecule has 1 aliphatic rings. The number of benzene rings is 1. The van der Waals surface area contributed by atoms with Crippen LogP contribution < -0.4 is 16.0 Å². The Kier molecular flexibility index (Phi) is 7.59. The Labute approximate surface area is 182 Å². The Morgan fingerprint density at radius 2 is 1.94 bits per heavy atom. The first-order chi connectivity index (χ1) is 14.9. The van der Waals surface area contributed by atoms with Gasteiger partial charge in [-0.1, -0.05) is 11.6 Å². The summed E-state index contributed by atoms with van der Waals surface area (Å²) in [4.78, 5) is 43.6. The Balaban J connectivity index is 1.51. The summed E-state index contributed by atoms with van der Waals surface area (Å²) in [5.41, 5.74) is 0.352. The van der Waals surface area contributed by atoms with Crippen molar-refractivity contribution in [3.05, 3.63) is 46.8 Å². The van der Waals surface area contributed by atoms with Gasteiger partial charge in [0, 0.05) is 18.5 Å². The molecule has 1 heterocycles. The van der Waals surface area contributed by atoms with Crippen LogP contribution in [0.4, 0.5) is 10.1 Å².